The Morgan fingerprint density at radius 3 is 2.62 bits per heavy atom. The van der Waals surface area contributed by atoms with Crippen molar-refractivity contribution in [2.45, 2.75) is 13.8 Å². The highest BCUT2D eigenvalue weighted by molar-refractivity contribution is 6.36. The molecule has 4 heteroatoms. The predicted molar refractivity (Wildman–Crippen MR) is 62.7 cm³/mol. The Balaban J connectivity index is 2.99. The summed E-state index contributed by atoms with van der Waals surface area (Å²) in [7, 11) is 1.53. The summed E-state index contributed by atoms with van der Waals surface area (Å²) in [6.07, 6.45) is 0. The van der Waals surface area contributed by atoms with Gasteiger partial charge >= 0.3 is 0 Å². The zero-order chi connectivity index (χ0) is 11.9. The van der Waals surface area contributed by atoms with Crippen LogP contribution in [0.2, 0.25) is 5.02 Å². The number of methoxy groups -OCH3 is 1. The van der Waals surface area contributed by atoms with Gasteiger partial charge in [0.05, 0.1) is 17.5 Å². The van der Waals surface area contributed by atoms with Crippen molar-refractivity contribution in [3.05, 3.63) is 34.2 Å². The van der Waals surface area contributed by atoms with Crippen molar-refractivity contribution >= 4 is 22.5 Å². The van der Waals surface area contributed by atoms with Gasteiger partial charge in [-0.05, 0) is 31.5 Å². The molecule has 0 aliphatic carbocycles. The van der Waals surface area contributed by atoms with E-state index >= 15 is 0 Å². The Labute approximate surface area is 98.0 Å². The summed E-state index contributed by atoms with van der Waals surface area (Å²) in [5, 5.41) is 1.03. The minimum atomic E-state index is -0.388. The van der Waals surface area contributed by atoms with Crippen molar-refractivity contribution in [1.29, 1.82) is 0 Å². The molecule has 0 saturated carbocycles. The second-order valence-electron chi connectivity index (χ2n) is 3.61. The zero-order valence-electron chi connectivity index (χ0n) is 9.27. The molecule has 0 unspecified atom stereocenters. The molecule has 0 aliphatic heterocycles. The Morgan fingerprint density at radius 2 is 2.00 bits per heavy atom. The largest absolute Gasteiger partial charge is 0.496 e. The maximum Gasteiger partial charge on any atom is 0.149 e. The molecule has 0 N–H and O–H groups in total. The van der Waals surface area contributed by atoms with Crippen LogP contribution in [0, 0.1) is 19.7 Å². The number of rotatable bonds is 1. The molecular formula is C12H11ClFNO. The van der Waals surface area contributed by atoms with E-state index in [9.17, 15) is 4.39 Å². The lowest BCUT2D eigenvalue weighted by Crippen LogP contribution is -1.96. The first-order chi connectivity index (χ1) is 7.56. The Hall–Kier alpha value is -1.35. The normalized spacial score (nSPS) is 10.8. The average molecular weight is 240 g/mol. The van der Waals surface area contributed by atoms with E-state index in [1.807, 2.05) is 6.92 Å². The van der Waals surface area contributed by atoms with Gasteiger partial charge in [-0.3, -0.25) is 0 Å². The van der Waals surface area contributed by atoms with Crippen LogP contribution < -0.4 is 4.74 Å². The number of nitrogens with zero attached hydrogens (tertiary/aromatic N) is 1. The number of pyridine rings is 1. The van der Waals surface area contributed by atoms with Gasteiger partial charge in [-0.25, -0.2) is 9.37 Å². The van der Waals surface area contributed by atoms with Crippen molar-refractivity contribution in [2.24, 2.45) is 0 Å². The monoisotopic (exact) mass is 239 g/mol. The predicted octanol–water partition coefficient (Wildman–Crippen LogP) is 3.65. The summed E-state index contributed by atoms with van der Waals surface area (Å²) in [4.78, 5) is 4.20. The first-order valence-corrected chi connectivity index (χ1v) is 5.23. The van der Waals surface area contributed by atoms with Gasteiger partial charge in [-0.15, -0.1) is 0 Å². The highest BCUT2D eigenvalue weighted by Gasteiger charge is 2.14. The molecule has 0 amide bonds. The highest BCUT2D eigenvalue weighted by atomic mass is 35.5. The summed E-state index contributed by atoms with van der Waals surface area (Å²) < 4.78 is 18.8. The van der Waals surface area contributed by atoms with Gasteiger partial charge in [-0.2, -0.15) is 0 Å². The number of aryl methyl sites for hydroxylation is 1. The van der Waals surface area contributed by atoms with E-state index in [-0.39, 0.29) is 11.3 Å². The maximum absolute atomic E-state index is 13.6. The van der Waals surface area contributed by atoms with Crippen molar-refractivity contribution in [3.63, 3.8) is 0 Å². The van der Waals surface area contributed by atoms with Crippen LogP contribution in [0.15, 0.2) is 12.1 Å². The molecule has 84 valence electrons. The first-order valence-electron chi connectivity index (χ1n) is 4.85. The van der Waals surface area contributed by atoms with Crippen molar-refractivity contribution in [1.82, 2.24) is 4.98 Å². The SMILES string of the molecule is COc1ccc(F)c2nc(C)c(C)c(Cl)c12. The highest BCUT2D eigenvalue weighted by Crippen LogP contribution is 2.35. The zero-order valence-corrected chi connectivity index (χ0v) is 10.0. The van der Waals surface area contributed by atoms with E-state index in [1.54, 1.807) is 13.0 Å². The van der Waals surface area contributed by atoms with Gasteiger partial charge in [0.25, 0.3) is 0 Å². The molecule has 0 radical (unpaired) electrons. The average Bonchev–Trinajstić information content (AvgIpc) is 2.27. The lowest BCUT2D eigenvalue weighted by molar-refractivity contribution is 0.419. The third-order valence-corrected chi connectivity index (χ3v) is 3.15. The lowest BCUT2D eigenvalue weighted by Gasteiger charge is -2.11. The molecule has 1 aromatic carbocycles. The Bertz CT molecular complexity index is 569. The van der Waals surface area contributed by atoms with Gasteiger partial charge in [-0.1, -0.05) is 11.6 Å². The second-order valence-corrected chi connectivity index (χ2v) is 3.99. The molecule has 0 saturated heterocycles. The molecule has 2 rings (SSSR count). The molecule has 1 aromatic heterocycles. The number of fused-ring (bicyclic) bond motifs is 1. The standard InChI is InChI=1S/C12H11ClFNO/c1-6-7(2)15-12-8(14)4-5-9(16-3)10(12)11(6)13/h4-5H,1-3H3. The second kappa shape index (κ2) is 3.91. The molecule has 0 fully saturated rings. The first kappa shape index (κ1) is 11.1. The fourth-order valence-electron chi connectivity index (χ4n) is 1.64. The van der Waals surface area contributed by atoms with E-state index in [1.165, 1.54) is 13.2 Å². The van der Waals surface area contributed by atoms with Crippen molar-refractivity contribution < 1.29 is 9.13 Å². The topological polar surface area (TPSA) is 22.1 Å². The van der Waals surface area contributed by atoms with Crippen LogP contribution >= 0.6 is 11.6 Å². The van der Waals surface area contributed by atoms with E-state index in [2.05, 4.69) is 4.98 Å². The van der Waals surface area contributed by atoms with Gasteiger partial charge in [0.15, 0.2) is 0 Å². The third kappa shape index (κ3) is 1.52. The summed E-state index contributed by atoms with van der Waals surface area (Å²) in [5.74, 6) is 0.151. The Kier molecular flexibility index (Phi) is 2.72. The minimum absolute atomic E-state index is 0.257. The summed E-state index contributed by atoms with van der Waals surface area (Å²) >= 11 is 6.20. The number of hydrogen-bond donors (Lipinski definition) is 0. The molecule has 0 bridgehead atoms. The fraction of sp³-hybridized carbons (Fsp3) is 0.250. The van der Waals surface area contributed by atoms with Gasteiger partial charge in [0, 0.05) is 5.69 Å². The number of benzene rings is 1. The molecule has 0 aliphatic rings. The molecule has 0 atom stereocenters. The molecular weight excluding hydrogens is 229 g/mol. The Morgan fingerprint density at radius 1 is 1.31 bits per heavy atom. The quantitative estimate of drug-likeness (QED) is 0.758. The summed E-state index contributed by atoms with van der Waals surface area (Å²) in [6.45, 7) is 3.66. The van der Waals surface area contributed by atoms with Gasteiger partial charge < -0.3 is 4.74 Å². The molecule has 2 aromatic rings. The van der Waals surface area contributed by atoms with Crippen LogP contribution in [0.4, 0.5) is 4.39 Å². The smallest absolute Gasteiger partial charge is 0.149 e. The van der Waals surface area contributed by atoms with E-state index in [0.717, 1.165) is 11.3 Å². The number of halogens is 2. The number of ether oxygens (including phenoxy) is 1. The molecule has 0 spiro atoms. The molecule has 16 heavy (non-hydrogen) atoms. The van der Waals surface area contributed by atoms with Crippen LogP contribution in [-0.2, 0) is 0 Å². The lowest BCUT2D eigenvalue weighted by atomic mass is 10.1. The minimum Gasteiger partial charge on any atom is -0.496 e. The number of aromatic nitrogens is 1. The number of hydrogen-bond acceptors (Lipinski definition) is 2. The summed E-state index contributed by atoms with van der Waals surface area (Å²) in [5.41, 5.74) is 1.83. The van der Waals surface area contributed by atoms with E-state index < -0.39 is 0 Å². The van der Waals surface area contributed by atoms with Crippen LogP contribution in [0.3, 0.4) is 0 Å². The van der Waals surface area contributed by atoms with Crippen molar-refractivity contribution in [2.75, 3.05) is 7.11 Å². The van der Waals surface area contributed by atoms with Crippen LogP contribution in [0.5, 0.6) is 5.75 Å². The van der Waals surface area contributed by atoms with Gasteiger partial charge in [0.2, 0.25) is 0 Å². The molecule has 2 nitrogen and oxygen atoms in total. The van der Waals surface area contributed by atoms with Crippen LogP contribution in [0.1, 0.15) is 11.3 Å². The fourth-order valence-corrected chi connectivity index (χ4v) is 1.96. The molecule has 1 heterocycles. The summed E-state index contributed by atoms with van der Waals surface area (Å²) in [6, 6.07) is 2.89. The third-order valence-electron chi connectivity index (χ3n) is 2.68. The van der Waals surface area contributed by atoms with Crippen LogP contribution in [-0.4, -0.2) is 12.1 Å². The van der Waals surface area contributed by atoms with E-state index in [4.69, 9.17) is 16.3 Å². The van der Waals surface area contributed by atoms with Crippen LogP contribution in [0.25, 0.3) is 10.9 Å². The van der Waals surface area contributed by atoms with Gasteiger partial charge in [0.1, 0.15) is 17.1 Å². The van der Waals surface area contributed by atoms with Crippen molar-refractivity contribution in [3.8, 4) is 5.75 Å². The maximum atomic E-state index is 13.6. The van der Waals surface area contributed by atoms with E-state index in [0.29, 0.717) is 16.2 Å².